The Morgan fingerprint density at radius 3 is 1.61 bits per heavy atom. The first-order valence-electron chi connectivity index (χ1n) is 13.0. The van der Waals surface area contributed by atoms with Gasteiger partial charge in [0.15, 0.2) is 0 Å². The molecule has 0 spiro atoms. The molecule has 0 aliphatic heterocycles. The Hall–Kier alpha value is -4.90. The van der Waals surface area contributed by atoms with Crippen LogP contribution < -0.4 is 21.7 Å². The Bertz CT molecular complexity index is 1330. The van der Waals surface area contributed by atoms with Gasteiger partial charge in [-0.1, -0.05) is 54.6 Å². The molecule has 0 aromatic heterocycles. The van der Waals surface area contributed by atoms with E-state index >= 15 is 0 Å². The van der Waals surface area contributed by atoms with Gasteiger partial charge in [-0.25, -0.2) is 4.79 Å². The number of phenolic OH excluding ortho intramolecular Hbond substituents is 2. The third kappa shape index (κ3) is 9.66. The first kappa shape index (κ1) is 30.6. The standard InChI is InChI=1S/C30H34N4O7/c1-18(32-28(38)24(31)15-19-5-3-2-4-6-19)27(37)33-25(16-20-7-11-22(35)12-8-20)29(39)34-26(30(40)41)17-21-9-13-23(36)14-10-21/h2-14,18,24-26,35-36H,15-17,31H2,1H3,(H,32,38)(H,33,37)(H,34,39)(H,40,41). The fourth-order valence-electron chi connectivity index (χ4n) is 4.06. The van der Waals surface area contributed by atoms with Crippen LogP contribution in [0.25, 0.3) is 0 Å². The summed E-state index contributed by atoms with van der Waals surface area (Å²) < 4.78 is 0. The van der Waals surface area contributed by atoms with E-state index < -0.39 is 47.9 Å². The SMILES string of the molecule is CC(NC(=O)C(N)Cc1ccccc1)C(=O)NC(Cc1ccc(O)cc1)C(=O)NC(Cc1ccc(O)cc1)C(=O)O. The van der Waals surface area contributed by atoms with Crippen LogP contribution in [0.5, 0.6) is 11.5 Å². The average molecular weight is 563 g/mol. The third-order valence-corrected chi connectivity index (χ3v) is 6.39. The van der Waals surface area contributed by atoms with E-state index in [1.807, 2.05) is 30.3 Å². The van der Waals surface area contributed by atoms with Crippen LogP contribution in [0.1, 0.15) is 23.6 Å². The van der Waals surface area contributed by atoms with Gasteiger partial charge in [-0.05, 0) is 54.3 Å². The number of carboxylic acid groups (broad SMARTS) is 1. The molecule has 0 saturated heterocycles. The van der Waals surface area contributed by atoms with E-state index in [1.54, 1.807) is 24.3 Å². The molecule has 11 heteroatoms. The average Bonchev–Trinajstić information content (AvgIpc) is 2.94. The molecule has 0 aliphatic carbocycles. The number of carboxylic acids is 1. The zero-order chi connectivity index (χ0) is 29.9. The number of carbonyl (C=O) groups is 4. The number of rotatable bonds is 13. The van der Waals surface area contributed by atoms with Gasteiger partial charge in [-0.3, -0.25) is 14.4 Å². The van der Waals surface area contributed by atoms with Crippen LogP contribution in [0.3, 0.4) is 0 Å². The van der Waals surface area contributed by atoms with Crippen LogP contribution in [0.2, 0.25) is 0 Å². The van der Waals surface area contributed by atoms with E-state index in [-0.39, 0.29) is 30.8 Å². The molecule has 8 N–H and O–H groups in total. The van der Waals surface area contributed by atoms with Gasteiger partial charge in [-0.15, -0.1) is 0 Å². The second-order valence-electron chi connectivity index (χ2n) is 9.73. The number of amides is 3. The maximum Gasteiger partial charge on any atom is 0.326 e. The van der Waals surface area contributed by atoms with Crippen molar-refractivity contribution in [3.05, 3.63) is 95.6 Å². The third-order valence-electron chi connectivity index (χ3n) is 6.39. The molecule has 0 heterocycles. The van der Waals surface area contributed by atoms with Gasteiger partial charge in [0.25, 0.3) is 0 Å². The van der Waals surface area contributed by atoms with Crippen molar-refractivity contribution >= 4 is 23.7 Å². The van der Waals surface area contributed by atoms with E-state index in [4.69, 9.17) is 5.73 Å². The molecule has 4 unspecified atom stereocenters. The number of phenols is 2. The van der Waals surface area contributed by atoms with Crippen LogP contribution >= 0.6 is 0 Å². The predicted molar refractivity (Wildman–Crippen MR) is 151 cm³/mol. The molecule has 11 nitrogen and oxygen atoms in total. The van der Waals surface area contributed by atoms with Crippen molar-refractivity contribution in [2.75, 3.05) is 0 Å². The maximum absolute atomic E-state index is 13.3. The minimum atomic E-state index is -1.32. The Morgan fingerprint density at radius 2 is 1.10 bits per heavy atom. The van der Waals surface area contributed by atoms with Crippen LogP contribution in [-0.2, 0) is 38.4 Å². The van der Waals surface area contributed by atoms with Gasteiger partial charge in [0.05, 0.1) is 6.04 Å². The van der Waals surface area contributed by atoms with E-state index in [1.165, 1.54) is 31.2 Å². The van der Waals surface area contributed by atoms with Crippen molar-refractivity contribution in [3.8, 4) is 11.5 Å². The van der Waals surface area contributed by atoms with Gasteiger partial charge in [0.1, 0.15) is 29.6 Å². The number of carbonyl (C=O) groups excluding carboxylic acids is 3. The number of nitrogens with two attached hydrogens (primary N) is 1. The highest BCUT2D eigenvalue weighted by atomic mass is 16.4. The Labute approximate surface area is 237 Å². The van der Waals surface area contributed by atoms with Crippen molar-refractivity contribution < 1.29 is 34.5 Å². The lowest BCUT2D eigenvalue weighted by atomic mass is 10.0. The number of aromatic hydroxyl groups is 2. The van der Waals surface area contributed by atoms with Gasteiger partial charge in [0, 0.05) is 12.8 Å². The summed E-state index contributed by atoms with van der Waals surface area (Å²) in [5.74, 6) is -3.22. The second-order valence-corrected chi connectivity index (χ2v) is 9.73. The van der Waals surface area contributed by atoms with Crippen LogP contribution in [0.15, 0.2) is 78.9 Å². The van der Waals surface area contributed by atoms with Crippen LogP contribution in [-0.4, -0.2) is 63.2 Å². The van der Waals surface area contributed by atoms with Gasteiger partial charge in [0.2, 0.25) is 17.7 Å². The largest absolute Gasteiger partial charge is 0.508 e. The minimum absolute atomic E-state index is 0.0156. The van der Waals surface area contributed by atoms with E-state index in [0.29, 0.717) is 11.1 Å². The van der Waals surface area contributed by atoms with Crippen molar-refractivity contribution in [1.82, 2.24) is 16.0 Å². The summed E-state index contributed by atoms with van der Waals surface area (Å²) in [6.45, 7) is 1.45. The molecular weight excluding hydrogens is 528 g/mol. The second kappa shape index (κ2) is 14.5. The van der Waals surface area contributed by atoms with E-state index in [2.05, 4.69) is 16.0 Å². The maximum atomic E-state index is 13.3. The molecule has 3 rings (SSSR count). The van der Waals surface area contributed by atoms with E-state index in [9.17, 15) is 34.5 Å². The smallest absolute Gasteiger partial charge is 0.326 e. The Kier molecular flexibility index (Phi) is 10.8. The first-order valence-corrected chi connectivity index (χ1v) is 13.0. The number of hydrogen-bond acceptors (Lipinski definition) is 7. The lowest BCUT2D eigenvalue weighted by molar-refractivity contribution is -0.142. The molecule has 3 amide bonds. The predicted octanol–water partition coefficient (Wildman–Crippen LogP) is 1.01. The summed E-state index contributed by atoms with van der Waals surface area (Å²) in [6, 6.07) is 16.6. The molecule has 0 radical (unpaired) electrons. The quantitative estimate of drug-likeness (QED) is 0.160. The number of aliphatic carboxylic acids is 1. The minimum Gasteiger partial charge on any atom is -0.508 e. The van der Waals surface area contributed by atoms with Gasteiger partial charge < -0.3 is 37.0 Å². The monoisotopic (exact) mass is 562 g/mol. The summed E-state index contributed by atoms with van der Waals surface area (Å²) in [5, 5.41) is 36.4. The zero-order valence-corrected chi connectivity index (χ0v) is 22.5. The zero-order valence-electron chi connectivity index (χ0n) is 22.5. The summed E-state index contributed by atoms with van der Waals surface area (Å²) in [6.07, 6.45) is 0.190. The fraction of sp³-hybridized carbons (Fsp3) is 0.267. The van der Waals surface area contributed by atoms with Crippen molar-refractivity contribution in [1.29, 1.82) is 0 Å². The molecule has 3 aromatic carbocycles. The van der Waals surface area contributed by atoms with Crippen molar-refractivity contribution in [2.45, 2.75) is 50.4 Å². The lowest BCUT2D eigenvalue weighted by Crippen LogP contribution is -2.57. The lowest BCUT2D eigenvalue weighted by Gasteiger charge is -2.24. The summed E-state index contributed by atoms with van der Waals surface area (Å²) in [7, 11) is 0. The van der Waals surface area contributed by atoms with Crippen molar-refractivity contribution in [3.63, 3.8) is 0 Å². The molecule has 0 aliphatic rings. The number of benzene rings is 3. The highest BCUT2D eigenvalue weighted by Crippen LogP contribution is 2.14. The molecular formula is C30H34N4O7. The highest BCUT2D eigenvalue weighted by Gasteiger charge is 2.29. The summed E-state index contributed by atoms with van der Waals surface area (Å²) in [5.41, 5.74) is 8.04. The Balaban J connectivity index is 1.69. The normalized spacial score (nSPS) is 13.7. The summed E-state index contributed by atoms with van der Waals surface area (Å²) >= 11 is 0. The molecule has 3 aromatic rings. The van der Waals surface area contributed by atoms with Crippen LogP contribution in [0.4, 0.5) is 0 Å². The molecule has 4 atom stereocenters. The molecule has 41 heavy (non-hydrogen) atoms. The van der Waals surface area contributed by atoms with Crippen molar-refractivity contribution in [2.24, 2.45) is 5.73 Å². The molecule has 0 fully saturated rings. The number of nitrogens with one attached hydrogen (secondary N) is 3. The summed E-state index contributed by atoms with van der Waals surface area (Å²) in [4.78, 5) is 50.9. The number of hydrogen-bond donors (Lipinski definition) is 7. The molecule has 0 saturated carbocycles. The molecule has 0 bridgehead atoms. The van der Waals surface area contributed by atoms with Gasteiger partial charge in [-0.2, -0.15) is 0 Å². The van der Waals surface area contributed by atoms with Gasteiger partial charge >= 0.3 is 5.97 Å². The molecule has 216 valence electrons. The fourth-order valence-corrected chi connectivity index (χ4v) is 4.06. The van der Waals surface area contributed by atoms with Crippen LogP contribution in [0, 0.1) is 0 Å². The topological polar surface area (TPSA) is 191 Å². The first-order chi connectivity index (χ1) is 19.5. The van der Waals surface area contributed by atoms with E-state index in [0.717, 1.165) is 5.56 Å². The highest BCUT2D eigenvalue weighted by molar-refractivity contribution is 5.94. The Morgan fingerprint density at radius 1 is 0.634 bits per heavy atom.